The predicted molar refractivity (Wildman–Crippen MR) is 79.6 cm³/mol. The number of amides is 1. The van der Waals surface area contributed by atoms with Crippen molar-refractivity contribution in [3.8, 4) is 11.1 Å². The van der Waals surface area contributed by atoms with Crippen LogP contribution in [-0.4, -0.2) is 25.8 Å². The Kier molecular flexibility index (Phi) is 4.25. The minimum atomic E-state index is -3.33. The molecule has 7 heteroatoms. The number of rotatable bonds is 4. The largest absolute Gasteiger partial charge is 0.288 e. The molecule has 0 aliphatic carbocycles. The molecule has 0 saturated carbocycles. The van der Waals surface area contributed by atoms with E-state index in [1.807, 2.05) is 6.07 Å². The Hall–Kier alpha value is -2.38. The minimum Gasteiger partial charge on any atom is -0.288 e. The standard InChI is InChI=1S/C14H14N2O4S/c1-21(19,20)16-13-4-2-3-12(9-13)10-5-7-11(8-6-10)14(17)15-18/h2-9,16,18H,1H3,(H,15,17). The highest BCUT2D eigenvalue weighted by Gasteiger charge is 2.06. The zero-order valence-corrected chi connectivity index (χ0v) is 12.0. The van der Waals surface area contributed by atoms with Crippen molar-refractivity contribution in [1.82, 2.24) is 5.48 Å². The molecule has 6 nitrogen and oxygen atoms in total. The number of carbonyl (C=O) groups excluding carboxylic acids is 1. The maximum atomic E-state index is 11.2. The van der Waals surface area contributed by atoms with Gasteiger partial charge in [-0.15, -0.1) is 0 Å². The zero-order chi connectivity index (χ0) is 15.5. The third-order valence-electron chi connectivity index (χ3n) is 2.75. The Morgan fingerprint density at radius 3 is 2.29 bits per heavy atom. The highest BCUT2D eigenvalue weighted by molar-refractivity contribution is 7.92. The summed E-state index contributed by atoms with van der Waals surface area (Å²) in [6.45, 7) is 0. The van der Waals surface area contributed by atoms with Gasteiger partial charge in [-0.3, -0.25) is 14.7 Å². The number of anilines is 1. The quantitative estimate of drug-likeness (QED) is 0.593. The molecular weight excluding hydrogens is 292 g/mol. The van der Waals surface area contributed by atoms with Crippen LogP contribution >= 0.6 is 0 Å². The Balaban J connectivity index is 2.30. The minimum absolute atomic E-state index is 0.326. The molecule has 0 heterocycles. The molecule has 110 valence electrons. The summed E-state index contributed by atoms with van der Waals surface area (Å²) < 4.78 is 24.8. The van der Waals surface area contributed by atoms with E-state index in [1.165, 1.54) is 0 Å². The molecule has 0 bridgehead atoms. The van der Waals surface area contributed by atoms with Crippen molar-refractivity contribution in [2.45, 2.75) is 0 Å². The van der Waals surface area contributed by atoms with Gasteiger partial charge in [-0.1, -0.05) is 24.3 Å². The lowest BCUT2D eigenvalue weighted by atomic mass is 10.0. The Labute approximate surface area is 122 Å². The fourth-order valence-electron chi connectivity index (χ4n) is 1.85. The first kappa shape index (κ1) is 15.0. The van der Waals surface area contributed by atoms with Crippen LogP contribution in [0.1, 0.15) is 10.4 Å². The lowest BCUT2D eigenvalue weighted by Crippen LogP contribution is -2.18. The zero-order valence-electron chi connectivity index (χ0n) is 11.2. The van der Waals surface area contributed by atoms with Gasteiger partial charge in [-0.2, -0.15) is 0 Å². The number of hydroxylamine groups is 1. The van der Waals surface area contributed by atoms with E-state index in [2.05, 4.69) is 4.72 Å². The number of benzene rings is 2. The Bertz CT molecular complexity index is 755. The third kappa shape index (κ3) is 4.04. The fourth-order valence-corrected chi connectivity index (χ4v) is 2.41. The number of hydrogen-bond donors (Lipinski definition) is 3. The Morgan fingerprint density at radius 1 is 1.05 bits per heavy atom. The third-order valence-corrected chi connectivity index (χ3v) is 3.35. The second kappa shape index (κ2) is 5.94. The first-order valence-corrected chi connectivity index (χ1v) is 7.91. The molecule has 0 saturated heterocycles. The summed E-state index contributed by atoms with van der Waals surface area (Å²) in [4.78, 5) is 11.2. The summed E-state index contributed by atoms with van der Waals surface area (Å²) >= 11 is 0. The maximum Gasteiger partial charge on any atom is 0.274 e. The molecule has 0 radical (unpaired) electrons. The first-order valence-electron chi connectivity index (χ1n) is 6.02. The molecule has 0 aromatic heterocycles. The van der Waals surface area contributed by atoms with Crippen molar-refractivity contribution in [2.24, 2.45) is 0 Å². The van der Waals surface area contributed by atoms with Crippen LogP contribution in [0.25, 0.3) is 11.1 Å². The summed E-state index contributed by atoms with van der Waals surface area (Å²) in [5.74, 6) is -0.589. The molecule has 1 amide bonds. The average molecular weight is 306 g/mol. The van der Waals surface area contributed by atoms with Crippen LogP contribution in [0.15, 0.2) is 48.5 Å². The van der Waals surface area contributed by atoms with E-state index in [9.17, 15) is 13.2 Å². The molecule has 0 aliphatic rings. The summed E-state index contributed by atoms with van der Waals surface area (Å²) in [6.07, 6.45) is 1.09. The van der Waals surface area contributed by atoms with Crippen molar-refractivity contribution >= 4 is 21.6 Å². The van der Waals surface area contributed by atoms with Crippen molar-refractivity contribution in [1.29, 1.82) is 0 Å². The first-order chi connectivity index (χ1) is 9.89. The molecule has 0 atom stereocenters. The van der Waals surface area contributed by atoms with Crippen LogP contribution < -0.4 is 10.2 Å². The predicted octanol–water partition coefficient (Wildman–Crippen LogP) is 1.84. The van der Waals surface area contributed by atoms with E-state index in [1.54, 1.807) is 47.9 Å². The van der Waals surface area contributed by atoms with Crippen molar-refractivity contribution < 1.29 is 18.4 Å². The summed E-state index contributed by atoms with van der Waals surface area (Å²) in [6, 6.07) is 13.5. The van der Waals surface area contributed by atoms with Gasteiger partial charge in [0.25, 0.3) is 5.91 Å². The molecule has 0 spiro atoms. The van der Waals surface area contributed by atoms with E-state index < -0.39 is 15.9 Å². The highest BCUT2D eigenvalue weighted by atomic mass is 32.2. The van der Waals surface area contributed by atoms with Gasteiger partial charge >= 0.3 is 0 Å². The van der Waals surface area contributed by atoms with Gasteiger partial charge in [0, 0.05) is 11.3 Å². The summed E-state index contributed by atoms with van der Waals surface area (Å²) in [5.41, 5.74) is 3.98. The van der Waals surface area contributed by atoms with Crippen LogP contribution in [0.4, 0.5) is 5.69 Å². The number of nitrogens with one attached hydrogen (secondary N) is 2. The lowest BCUT2D eigenvalue weighted by Gasteiger charge is -2.07. The molecule has 0 unspecified atom stereocenters. The van der Waals surface area contributed by atoms with Gasteiger partial charge in [-0.05, 0) is 35.4 Å². The van der Waals surface area contributed by atoms with Crippen LogP contribution in [0.5, 0.6) is 0 Å². The average Bonchev–Trinajstić information content (AvgIpc) is 2.45. The smallest absolute Gasteiger partial charge is 0.274 e. The van der Waals surface area contributed by atoms with Gasteiger partial charge in [0.2, 0.25) is 10.0 Å². The van der Waals surface area contributed by atoms with Crippen LogP contribution in [0.3, 0.4) is 0 Å². The van der Waals surface area contributed by atoms with E-state index in [0.29, 0.717) is 11.3 Å². The maximum absolute atomic E-state index is 11.2. The SMILES string of the molecule is CS(=O)(=O)Nc1cccc(-c2ccc(C(=O)NO)cc2)c1. The van der Waals surface area contributed by atoms with E-state index in [4.69, 9.17) is 5.21 Å². The topological polar surface area (TPSA) is 95.5 Å². The van der Waals surface area contributed by atoms with E-state index in [-0.39, 0.29) is 0 Å². The van der Waals surface area contributed by atoms with E-state index >= 15 is 0 Å². The Morgan fingerprint density at radius 2 is 1.71 bits per heavy atom. The second-order valence-electron chi connectivity index (χ2n) is 4.47. The molecule has 0 fully saturated rings. The van der Waals surface area contributed by atoms with Gasteiger partial charge in [0.1, 0.15) is 0 Å². The second-order valence-corrected chi connectivity index (χ2v) is 6.22. The molecule has 2 rings (SSSR count). The van der Waals surface area contributed by atoms with Gasteiger partial charge in [0.15, 0.2) is 0 Å². The lowest BCUT2D eigenvalue weighted by molar-refractivity contribution is 0.0706. The number of carbonyl (C=O) groups is 1. The van der Waals surface area contributed by atoms with Gasteiger partial charge < -0.3 is 0 Å². The molecule has 0 aliphatic heterocycles. The summed E-state index contributed by atoms with van der Waals surface area (Å²) in [5, 5.41) is 8.55. The molecule has 2 aromatic rings. The normalized spacial score (nSPS) is 11.0. The monoisotopic (exact) mass is 306 g/mol. The van der Waals surface area contributed by atoms with Gasteiger partial charge in [0.05, 0.1) is 6.26 Å². The van der Waals surface area contributed by atoms with Crippen molar-refractivity contribution in [3.63, 3.8) is 0 Å². The highest BCUT2D eigenvalue weighted by Crippen LogP contribution is 2.23. The van der Waals surface area contributed by atoms with Gasteiger partial charge in [-0.25, -0.2) is 13.9 Å². The summed E-state index contributed by atoms with van der Waals surface area (Å²) in [7, 11) is -3.33. The van der Waals surface area contributed by atoms with E-state index in [0.717, 1.165) is 17.4 Å². The van der Waals surface area contributed by atoms with Crippen LogP contribution in [0.2, 0.25) is 0 Å². The molecule has 2 aromatic carbocycles. The number of hydrogen-bond acceptors (Lipinski definition) is 4. The molecule has 3 N–H and O–H groups in total. The van der Waals surface area contributed by atoms with Crippen LogP contribution in [0, 0.1) is 0 Å². The molecule has 21 heavy (non-hydrogen) atoms. The van der Waals surface area contributed by atoms with Crippen molar-refractivity contribution in [3.05, 3.63) is 54.1 Å². The molecular formula is C14H14N2O4S. The van der Waals surface area contributed by atoms with Crippen LogP contribution in [-0.2, 0) is 10.0 Å². The number of sulfonamides is 1. The fraction of sp³-hybridized carbons (Fsp3) is 0.0714. The van der Waals surface area contributed by atoms with Crippen molar-refractivity contribution in [2.75, 3.05) is 11.0 Å².